The molecule has 0 N–H and O–H groups in total. The van der Waals surface area contributed by atoms with Crippen molar-refractivity contribution in [2.75, 3.05) is 0 Å². The van der Waals surface area contributed by atoms with E-state index in [4.69, 9.17) is 6.58 Å². The van der Waals surface area contributed by atoms with Crippen LogP contribution in [0.2, 0.25) is 0 Å². The molecule has 0 fully saturated rings. The molecule has 0 heteroatoms. The second-order valence-corrected chi connectivity index (χ2v) is 2.44. The van der Waals surface area contributed by atoms with Crippen molar-refractivity contribution in [3.8, 4) is 0 Å². The molecule has 0 aromatic rings. The van der Waals surface area contributed by atoms with Crippen LogP contribution >= 0.6 is 0 Å². The maximum absolute atomic E-state index is 5.20. The first-order valence-electron chi connectivity index (χ1n) is 4.25. The van der Waals surface area contributed by atoms with Crippen molar-refractivity contribution in [1.29, 1.82) is 0 Å². The maximum atomic E-state index is 5.20. The fraction of sp³-hybridized carbons (Fsp3) is 0.455. The van der Waals surface area contributed by atoms with Crippen molar-refractivity contribution in [1.82, 2.24) is 0 Å². The Kier molecular flexibility index (Phi) is 8.57. The second-order valence-electron chi connectivity index (χ2n) is 2.44. The van der Waals surface area contributed by atoms with Crippen LogP contribution in [-0.2, 0) is 0 Å². The first-order valence-corrected chi connectivity index (χ1v) is 4.25. The van der Waals surface area contributed by atoms with E-state index in [0.29, 0.717) is 0 Å². The SMILES string of the molecule is [CH]=CCC=CCC=CCCC. The average molecular weight is 149 g/mol. The lowest BCUT2D eigenvalue weighted by molar-refractivity contribution is 0.954. The lowest BCUT2D eigenvalue weighted by Crippen LogP contribution is -1.62. The van der Waals surface area contributed by atoms with Crippen molar-refractivity contribution in [3.05, 3.63) is 37.0 Å². The summed E-state index contributed by atoms with van der Waals surface area (Å²) in [4.78, 5) is 0. The third-order valence-corrected chi connectivity index (χ3v) is 1.33. The fourth-order valence-corrected chi connectivity index (χ4v) is 0.730. The van der Waals surface area contributed by atoms with Crippen molar-refractivity contribution < 1.29 is 0 Å². The van der Waals surface area contributed by atoms with Gasteiger partial charge in [0.05, 0.1) is 0 Å². The van der Waals surface area contributed by atoms with Gasteiger partial charge in [0.25, 0.3) is 0 Å². The monoisotopic (exact) mass is 149 g/mol. The molecule has 0 bridgehead atoms. The lowest BCUT2D eigenvalue weighted by atomic mass is 10.2. The van der Waals surface area contributed by atoms with Crippen molar-refractivity contribution in [2.45, 2.75) is 32.6 Å². The van der Waals surface area contributed by atoms with E-state index in [1.165, 1.54) is 12.8 Å². The molecule has 0 amide bonds. The summed E-state index contributed by atoms with van der Waals surface area (Å²) in [5, 5.41) is 0. The number of rotatable bonds is 6. The molecule has 0 atom stereocenters. The molecule has 0 aromatic heterocycles. The summed E-state index contributed by atoms with van der Waals surface area (Å²) < 4.78 is 0. The zero-order chi connectivity index (χ0) is 8.36. The third kappa shape index (κ3) is 9.22. The Bertz CT molecular complexity index is 129. The van der Waals surface area contributed by atoms with Gasteiger partial charge in [0, 0.05) is 0 Å². The molecule has 61 valence electrons. The van der Waals surface area contributed by atoms with E-state index in [1.54, 1.807) is 6.08 Å². The highest BCUT2D eigenvalue weighted by atomic mass is 13.8. The van der Waals surface area contributed by atoms with Gasteiger partial charge in [0.15, 0.2) is 0 Å². The Morgan fingerprint density at radius 1 is 1.00 bits per heavy atom. The summed E-state index contributed by atoms with van der Waals surface area (Å²) in [6.07, 6.45) is 14.6. The van der Waals surface area contributed by atoms with E-state index in [2.05, 4.69) is 31.2 Å². The van der Waals surface area contributed by atoms with Gasteiger partial charge in [0.2, 0.25) is 0 Å². The van der Waals surface area contributed by atoms with Crippen LogP contribution in [0.25, 0.3) is 0 Å². The predicted octanol–water partition coefficient (Wildman–Crippen LogP) is 3.67. The number of hydrogen-bond acceptors (Lipinski definition) is 0. The minimum absolute atomic E-state index is 0.877. The second kappa shape index (κ2) is 9.22. The van der Waals surface area contributed by atoms with Gasteiger partial charge in [-0.05, 0) is 19.3 Å². The molecular weight excluding hydrogens is 132 g/mol. The first kappa shape index (κ1) is 10.2. The molecule has 0 spiro atoms. The van der Waals surface area contributed by atoms with Crippen molar-refractivity contribution >= 4 is 0 Å². The maximum Gasteiger partial charge on any atom is -0.0166 e. The molecule has 11 heavy (non-hydrogen) atoms. The van der Waals surface area contributed by atoms with Gasteiger partial charge in [0.1, 0.15) is 0 Å². The minimum atomic E-state index is 0.877. The van der Waals surface area contributed by atoms with Gasteiger partial charge in [-0.2, -0.15) is 0 Å². The molecule has 0 aromatic carbocycles. The summed E-state index contributed by atoms with van der Waals surface area (Å²) >= 11 is 0. The van der Waals surface area contributed by atoms with E-state index in [0.717, 1.165) is 12.8 Å². The van der Waals surface area contributed by atoms with Gasteiger partial charge in [-0.3, -0.25) is 0 Å². The van der Waals surface area contributed by atoms with E-state index >= 15 is 0 Å². The lowest BCUT2D eigenvalue weighted by Gasteiger charge is -1.83. The molecular formula is C11H17. The van der Waals surface area contributed by atoms with Gasteiger partial charge in [-0.15, -0.1) is 0 Å². The van der Waals surface area contributed by atoms with E-state index in [-0.39, 0.29) is 0 Å². The van der Waals surface area contributed by atoms with Crippen LogP contribution in [0, 0.1) is 6.58 Å². The normalized spacial score (nSPS) is 11.4. The summed E-state index contributed by atoms with van der Waals surface area (Å²) in [7, 11) is 0. The summed E-state index contributed by atoms with van der Waals surface area (Å²) in [5.74, 6) is 0. The Morgan fingerprint density at radius 3 is 2.27 bits per heavy atom. The topological polar surface area (TPSA) is 0 Å². The van der Waals surface area contributed by atoms with Gasteiger partial charge in [-0.1, -0.05) is 50.3 Å². The molecule has 0 aliphatic rings. The van der Waals surface area contributed by atoms with Crippen LogP contribution < -0.4 is 0 Å². The summed E-state index contributed by atoms with van der Waals surface area (Å²) in [6.45, 7) is 7.38. The van der Waals surface area contributed by atoms with Crippen LogP contribution in [-0.4, -0.2) is 0 Å². The van der Waals surface area contributed by atoms with Gasteiger partial charge < -0.3 is 0 Å². The Labute approximate surface area is 70.3 Å². The Balaban J connectivity index is 3.17. The predicted molar refractivity (Wildman–Crippen MR) is 51.3 cm³/mol. The zero-order valence-corrected chi connectivity index (χ0v) is 7.29. The zero-order valence-electron chi connectivity index (χ0n) is 7.29. The number of hydrogen-bond donors (Lipinski definition) is 0. The summed E-state index contributed by atoms with van der Waals surface area (Å²) in [5.41, 5.74) is 0. The van der Waals surface area contributed by atoms with Crippen LogP contribution in [0.5, 0.6) is 0 Å². The van der Waals surface area contributed by atoms with Gasteiger partial charge >= 0.3 is 0 Å². The largest absolute Gasteiger partial charge is 0.0882 e. The molecule has 0 saturated heterocycles. The molecule has 0 saturated carbocycles. The smallest absolute Gasteiger partial charge is 0.0166 e. The third-order valence-electron chi connectivity index (χ3n) is 1.33. The van der Waals surface area contributed by atoms with Crippen LogP contribution in [0.4, 0.5) is 0 Å². The molecule has 0 aliphatic carbocycles. The van der Waals surface area contributed by atoms with E-state index in [1.807, 2.05) is 0 Å². The first-order chi connectivity index (χ1) is 5.41. The standard InChI is InChI=1S/C11H17/c1-3-5-7-9-11-10-8-6-4-2/h1,3,7-10H,4-6,11H2,2H3. The van der Waals surface area contributed by atoms with Crippen LogP contribution in [0.15, 0.2) is 30.4 Å². The van der Waals surface area contributed by atoms with Crippen molar-refractivity contribution in [3.63, 3.8) is 0 Å². The van der Waals surface area contributed by atoms with Crippen LogP contribution in [0.1, 0.15) is 32.6 Å². The molecule has 0 heterocycles. The molecule has 0 aliphatic heterocycles. The van der Waals surface area contributed by atoms with Crippen LogP contribution in [0.3, 0.4) is 0 Å². The number of unbranched alkanes of at least 4 members (excludes halogenated alkanes) is 1. The fourth-order valence-electron chi connectivity index (χ4n) is 0.730. The molecule has 0 nitrogen and oxygen atoms in total. The van der Waals surface area contributed by atoms with Crippen molar-refractivity contribution in [2.24, 2.45) is 0 Å². The average Bonchev–Trinajstić information content (AvgIpc) is 2.03. The highest BCUT2D eigenvalue weighted by Gasteiger charge is 1.72. The quantitative estimate of drug-likeness (QED) is 0.505. The minimum Gasteiger partial charge on any atom is -0.0882 e. The Morgan fingerprint density at radius 2 is 1.64 bits per heavy atom. The Hall–Kier alpha value is -0.780. The highest BCUT2D eigenvalue weighted by Crippen LogP contribution is 1.93. The molecule has 0 rings (SSSR count). The van der Waals surface area contributed by atoms with E-state index < -0.39 is 0 Å². The summed E-state index contributed by atoms with van der Waals surface area (Å²) in [6, 6.07) is 0. The van der Waals surface area contributed by atoms with E-state index in [9.17, 15) is 0 Å². The molecule has 0 unspecified atom stereocenters. The number of allylic oxidation sites excluding steroid dienone is 5. The molecule has 1 radical (unpaired) electrons. The highest BCUT2D eigenvalue weighted by molar-refractivity contribution is 4.94. The van der Waals surface area contributed by atoms with Gasteiger partial charge in [-0.25, -0.2) is 0 Å².